The molecule has 0 aliphatic carbocycles. The van der Waals surface area contributed by atoms with Crippen LogP contribution in [0, 0.1) is 17.1 Å². The predicted octanol–water partition coefficient (Wildman–Crippen LogP) is 2.59. The van der Waals surface area contributed by atoms with Crippen LogP contribution >= 0.6 is 0 Å². The van der Waals surface area contributed by atoms with Crippen molar-refractivity contribution in [3.8, 4) is 6.07 Å². The van der Waals surface area contributed by atoms with Crippen molar-refractivity contribution in [2.45, 2.75) is 6.54 Å². The van der Waals surface area contributed by atoms with Gasteiger partial charge in [0.25, 0.3) is 0 Å². The summed E-state index contributed by atoms with van der Waals surface area (Å²) in [6.45, 7) is 0.377. The number of nitrogens with zero attached hydrogens (tertiary/aromatic N) is 1. The fraction of sp³-hybridized carbons (Fsp3) is 0.0667. The monoisotopic (exact) mass is 285 g/mol. The first kappa shape index (κ1) is 14.3. The Morgan fingerprint density at radius 2 is 2.00 bits per heavy atom. The Morgan fingerprint density at radius 3 is 2.57 bits per heavy atom. The lowest BCUT2D eigenvalue weighted by atomic mass is 10.1. The molecule has 0 radical (unpaired) electrons. The summed E-state index contributed by atoms with van der Waals surface area (Å²) in [7, 11) is 0. The Morgan fingerprint density at radius 1 is 1.33 bits per heavy atom. The van der Waals surface area contributed by atoms with Gasteiger partial charge in [0.15, 0.2) is 0 Å². The van der Waals surface area contributed by atoms with Crippen molar-refractivity contribution in [3.05, 3.63) is 58.9 Å². The fourth-order valence-electron chi connectivity index (χ4n) is 1.80. The van der Waals surface area contributed by atoms with Crippen LogP contribution in [0.3, 0.4) is 0 Å². The quantitative estimate of drug-likeness (QED) is 0.750. The third-order valence-corrected chi connectivity index (χ3v) is 2.94. The molecule has 0 heterocycles. The topological polar surface area (TPSA) is 99.1 Å². The molecule has 0 bridgehead atoms. The molecule has 0 fully saturated rings. The van der Waals surface area contributed by atoms with Crippen LogP contribution in [0.4, 0.5) is 15.8 Å². The van der Waals surface area contributed by atoms with E-state index in [4.69, 9.17) is 16.1 Å². The van der Waals surface area contributed by atoms with Gasteiger partial charge in [-0.3, -0.25) is 0 Å². The lowest BCUT2D eigenvalue weighted by Gasteiger charge is -2.11. The van der Waals surface area contributed by atoms with Crippen molar-refractivity contribution >= 4 is 17.3 Å². The van der Waals surface area contributed by atoms with Crippen molar-refractivity contribution in [1.82, 2.24) is 0 Å². The van der Waals surface area contributed by atoms with E-state index in [0.717, 1.165) is 17.7 Å². The molecule has 0 aromatic heterocycles. The Balaban J connectivity index is 2.14. The second-order valence-corrected chi connectivity index (χ2v) is 4.39. The van der Waals surface area contributed by atoms with E-state index in [9.17, 15) is 9.18 Å². The van der Waals surface area contributed by atoms with E-state index >= 15 is 0 Å². The van der Waals surface area contributed by atoms with Gasteiger partial charge in [-0.15, -0.1) is 0 Å². The molecule has 0 aliphatic heterocycles. The van der Waals surface area contributed by atoms with Crippen molar-refractivity contribution in [3.63, 3.8) is 0 Å². The van der Waals surface area contributed by atoms with Gasteiger partial charge < -0.3 is 16.2 Å². The van der Waals surface area contributed by atoms with Gasteiger partial charge in [-0.1, -0.05) is 12.1 Å². The smallest absolute Gasteiger partial charge is 0.338 e. The summed E-state index contributed by atoms with van der Waals surface area (Å²) >= 11 is 0. The number of nitrogen functional groups attached to an aromatic ring is 1. The van der Waals surface area contributed by atoms with Crippen LogP contribution in [0.15, 0.2) is 36.4 Å². The summed E-state index contributed by atoms with van der Waals surface area (Å²) in [5.74, 6) is -2.21. The number of aromatic carboxylic acids is 1. The average molecular weight is 285 g/mol. The zero-order valence-electron chi connectivity index (χ0n) is 10.9. The van der Waals surface area contributed by atoms with Crippen LogP contribution in [0.2, 0.25) is 0 Å². The Labute approximate surface area is 120 Å². The highest BCUT2D eigenvalue weighted by Crippen LogP contribution is 2.23. The van der Waals surface area contributed by atoms with E-state index in [0.29, 0.717) is 17.8 Å². The van der Waals surface area contributed by atoms with Gasteiger partial charge in [-0.2, -0.15) is 5.26 Å². The normalized spacial score (nSPS) is 9.90. The highest BCUT2D eigenvalue weighted by Gasteiger charge is 2.13. The minimum absolute atomic E-state index is 0.155. The maximum Gasteiger partial charge on any atom is 0.338 e. The maximum atomic E-state index is 13.6. The number of hydrogen-bond donors (Lipinski definition) is 3. The molecule has 0 saturated heterocycles. The number of carbonyl (C=O) groups is 1. The average Bonchev–Trinajstić information content (AvgIpc) is 2.48. The zero-order chi connectivity index (χ0) is 15.4. The van der Waals surface area contributed by atoms with Crippen LogP contribution in [-0.4, -0.2) is 11.1 Å². The number of carboxylic acid groups (broad SMARTS) is 1. The summed E-state index contributed by atoms with van der Waals surface area (Å²) in [5, 5.41) is 20.4. The van der Waals surface area contributed by atoms with Gasteiger partial charge in [0.2, 0.25) is 0 Å². The third-order valence-electron chi connectivity index (χ3n) is 2.94. The van der Waals surface area contributed by atoms with Crippen LogP contribution in [0.25, 0.3) is 0 Å². The summed E-state index contributed by atoms with van der Waals surface area (Å²) in [6, 6.07) is 11.0. The SMILES string of the molecule is N#Cc1ccc(CNc2cc(F)c(C(=O)O)cc2N)cc1. The van der Waals surface area contributed by atoms with Gasteiger partial charge in [0, 0.05) is 6.54 Å². The van der Waals surface area contributed by atoms with Crippen LogP contribution in [0.5, 0.6) is 0 Å². The van der Waals surface area contributed by atoms with Crippen LogP contribution in [0.1, 0.15) is 21.5 Å². The lowest BCUT2D eigenvalue weighted by Crippen LogP contribution is -2.07. The molecule has 5 nitrogen and oxygen atoms in total. The van der Waals surface area contributed by atoms with E-state index in [1.807, 2.05) is 6.07 Å². The number of benzene rings is 2. The number of carboxylic acids is 1. The van der Waals surface area contributed by atoms with Crippen LogP contribution < -0.4 is 11.1 Å². The number of hydrogen-bond acceptors (Lipinski definition) is 4. The standard InChI is InChI=1S/C15H12FN3O2/c16-12-6-14(13(18)5-11(12)15(20)21)19-8-10-3-1-9(7-17)2-4-10/h1-6,19H,8,18H2,(H,20,21). The Bertz CT molecular complexity index is 721. The predicted molar refractivity (Wildman–Crippen MR) is 76.3 cm³/mol. The molecule has 0 spiro atoms. The third kappa shape index (κ3) is 3.28. The minimum Gasteiger partial charge on any atom is -0.478 e. The molecule has 2 aromatic rings. The zero-order valence-corrected chi connectivity index (χ0v) is 10.9. The molecule has 106 valence electrons. The van der Waals surface area contributed by atoms with Crippen LogP contribution in [-0.2, 0) is 6.54 Å². The van der Waals surface area contributed by atoms with Crippen molar-refractivity contribution in [1.29, 1.82) is 5.26 Å². The first-order valence-corrected chi connectivity index (χ1v) is 6.06. The number of halogens is 1. The molecule has 6 heteroatoms. The highest BCUT2D eigenvalue weighted by atomic mass is 19.1. The Kier molecular flexibility index (Phi) is 4.05. The highest BCUT2D eigenvalue weighted by molar-refractivity contribution is 5.90. The Hall–Kier alpha value is -3.07. The molecule has 2 aromatic carbocycles. The summed E-state index contributed by atoms with van der Waals surface area (Å²) in [4.78, 5) is 10.8. The van der Waals surface area contributed by atoms with Gasteiger partial charge in [-0.25, -0.2) is 9.18 Å². The number of anilines is 2. The molecule has 0 unspecified atom stereocenters. The van der Waals surface area contributed by atoms with E-state index < -0.39 is 17.3 Å². The first-order valence-electron chi connectivity index (χ1n) is 6.06. The maximum absolute atomic E-state index is 13.6. The largest absolute Gasteiger partial charge is 0.478 e. The number of nitriles is 1. The van der Waals surface area contributed by atoms with E-state index in [1.54, 1.807) is 24.3 Å². The summed E-state index contributed by atoms with van der Waals surface area (Å²) < 4.78 is 13.6. The molecule has 2 rings (SSSR count). The molecule has 0 aliphatic rings. The van der Waals surface area contributed by atoms with E-state index in [-0.39, 0.29) is 5.69 Å². The van der Waals surface area contributed by atoms with Crippen molar-refractivity contribution in [2.75, 3.05) is 11.1 Å². The molecule has 4 N–H and O–H groups in total. The van der Waals surface area contributed by atoms with Crippen molar-refractivity contribution in [2.24, 2.45) is 0 Å². The molecule has 0 atom stereocenters. The fourth-order valence-corrected chi connectivity index (χ4v) is 1.80. The van der Waals surface area contributed by atoms with E-state index in [2.05, 4.69) is 5.32 Å². The molecule has 0 saturated carbocycles. The van der Waals surface area contributed by atoms with Gasteiger partial charge >= 0.3 is 5.97 Å². The van der Waals surface area contributed by atoms with Gasteiger partial charge in [-0.05, 0) is 29.8 Å². The number of nitrogens with one attached hydrogen (secondary N) is 1. The molecular weight excluding hydrogens is 273 g/mol. The second kappa shape index (κ2) is 5.92. The van der Waals surface area contributed by atoms with Gasteiger partial charge in [0.05, 0.1) is 28.6 Å². The summed E-state index contributed by atoms with van der Waals surface area (Å²) in [5.41, 5.74) is 7.15. The minimum atomic E-state index is -1.36. The number of rotatable bonds is 4. The lowest BCUT2D eigenvalue weighted by molar-refractivity contribution is 0.0692. The summed E-state index contributed by atoms with van der Waals surface area (Å²) in [6.07, 6.45) is 0. The second-order valence-electron chi connectivity index (χ2n) is 4.39. The molecule has 21 heavy (non-hydrogen) atoms. The first-order chi connectivity index (χ1) is 10.0. The van der Waals surface area contributed by atoms with Crippen molar-refractivity contribution < 1.29 is 14.3 Å². The molecule has 0 amide bonds. The number of nitrogens with two attached hydrogens (primary N) is 1. The van der Waals surface area contributed by atoms with Gasteiger partial charge in [0.1, 0.15) is 5.82 Å². The van der Waals surface area contributed by atoms with E-state index in [1.165, 1.54) is 0 Å². The molecular formula is C15H12FN3O2.